The highest BCUT2D eigenvalue weighted by Crippen LogP contribution is 2.28. The lowest BCUT2D eigenvalue weighted by atomic mass is 10.1. The number of hydrogen-bond acceptors (Lipinski definition) is 5. The van der Waals surface area contributed by atoms with E-state index in [1.165, 1.54) is 5.01 Å². The van der Waals surface area contributed by atoms with Crippen LogP contribution in [-0.2, 0) is 17.8 Å². The number of imidazole rings is 1. The second-order valence-electron chi connectivity index (χ2n) is 8.63. The van der Waals surface area contributed by atoms with E-state index in [4.69, 9.17) is 0 Å². The minimum Gasteiger partial charge on any atom is -0.390 e. The summed E-state index contributed by atoms with van der Waals surface area (Å²) in [5.41, 5.74) is 4.98. The molecule has 35 heavy (non-hydrogen) atoms. The van der Waals surface area contributed by atoms with Gasteiger partial charge in [0.1, 0.15) is 0 Å². The molecule has 0 fully saturated rings. The number of hydrogen-bond donors (Lipinski definition) is 3. The molecule has 0 bridgehead atoms. The van der Waals surface area contributed by atoms with E-state index in [-0.39, 0.29) is 5.91 Å². The molecule has 1 unspecified atom stereocenters. The quantitative estimate of drug-likeness (QED) is 0.259. The van der Waals surface area contributed by atoms with Crippen LogP contribution in [0.4, 0.5) is 5.69 Å². The van der Waals surface area contributed by atoms with Gasteiger partial charge in [0.25, 0.3) is 5.91 Å². The number of benzene rings is 2. The lowest BCUT2D eigenvalue weighted by Crippen LogP contribution is -2.31. The molecule has 3 heterocycles. The van der Waals surface area contributed by atoms with E-state index >= 15 is 0 Å². The molecule has 3 N–H and O–H groups in total. The Kier molecular flexibility index (Phi) is 6.56. The number of fused-ring (bicyclic) bond motifs is 1. The Morgan fingerprint density at radius 2 is 1.94 bits per heavy atom. The zero-order valence-electron chi connectivity index (χ0n) is 19.6. The van der Waals surface area contributed by atoms with Crippen LogP contribution in [0.3, 0.4) is 0 Å². The van der Waals surface area contributed by atoms with Crippen LogP contribution in [0.1, 0.15) is 18.2 Å². The van der Waals surface area contributed by atoms with E-state index < -0.39 is 6.10 Å². The summed E-state index contributed by atoms with van der Waals surface area (Å²) in [5.74, 6) is -0.146. The molecule has 2 aromatic carbocycles. The molecule has 1 atom stereocenters. The number of aromatic amines is 1. The Balaban J connectivity index is 1.32. The van der Waals surface area contributed by atoms with E-state index in [0.29, 0.717) is 24.4 Å². The smallest absolute Gasteiger partial charge is 0.280 e. The Morgan fingerprint density at radius 3 is 2.74 bits per heavy atom. The Hall–Kier alpha value is -4.01. The molecule has 1 amide bonds. The maximum Gasteiger partial charge on any atom is 0.280 e. The van der Waals surface area contributed by atoms with Gasteiger partial charge in [0.15, 0.2) is 0 Å². The predicted molar refractivity (Wildman–Crippen MR) is 138 cm³/mol. The molecule has 8 heteroatoms. The lowest BCUT2D eigenvalue weighted by molar-refractivity contribution is -0.114. The van der Waals surface area contributed by atoms with Gasteiger partial charge in [-0.1, -0.05) is 36.4 Å². The van der Waals surface area contributed by atoms with Gasteiger partial charge in [-0.3, -0.25) is 4.79 Å². The summed E-state index contributed by atoms with van der Waals surface area (Å²) in [7, 11) is 0. The molecule has 1 aliphatic heterocycles. The molecular formula is C27H28N6O2. The molecular weight excluding hydrogens is 440 g/mol. The standard InChI is InChI=1S/C27H28N6O2/c1-19-25(27(35)33(31-19)22-7-3-2-4-8-22)13-20-16-32(26-10-6-5-9-24(20)26)17-23(34)15-28-12-11-21-14-29-18-30-21/h2-10,13-14,16,18,23,28,34H,11-12,15,17H2,1H3,(H,29,30). The number of carbonyl (C=O) groups is 1. The molecule has 8 nitrogen and oxygen atoms in total. The number of aromatic nitrogens is 3. The van der Waals surface area contributed by atoms with Gasteiger partial charge in [0, 0.05) is 60.6 Å². The van der Waals surface area contributed by atoms with E-state index in [1.54, 1.807) is 12.5 Å². The second-order valence-corrected chi connectivity index (χ2v) is 8.63. The van der Waals surface area contributed by atoms with Crippen molar-refractivity contribution in [3.8, 4) is 0 Å². The van der Waals surface area contributed by atoms with E-state index in [0.717, 1.165) is 40.8 Å². The molecule has 0 saturated carbocycles. The van der Waals surface area contributed by atoms with Gasteiger partial charge in [0.05, 0.1) is 29.4 Å². The summed E-state index contributed by atoms with van der Waals surface area (Å²) in [5, 5.41) is 20.9. The normalized spacial score (nSPS) is 15.8. The SMILES string of the molecule is CC1=NN(c2ccccc2)C(=O)C1=Cc1cn(CC(O)CNCCc2cnc[nH]2)c2ccccc12. The number of para-hydroxylation sites is 2. The highest BCUT2D eigenvalue weighted by Gasteiger charge is 2.29. The summed E-state index contributed by atoms with van der Waals surface area (Å²) in [6, 6.07) is 17.5. The zero-order chi connectivity index (χ0) is 24.2. The van der Waals surface area contributed by atoms with Crippen LogP contribution >= 0.6 is 0 Å². The van der Waals surface area contributed by atoms with Crippen molar-refractivity contribution in [1.82, 2.24) is 19.9 Å². The summed E-state index contributed by atoms with van der Waals surface area (Å²) in [6.45, 7) is 3.53. The average molecular weight is 469 g/mol. The molecule has 0 saturated heterocycles. The molecule has 4 aromatic rings. The van der Waals surface area contributed by atoms with Crippen molar-refractivity contribution in [1.29, 1.82) is 0 Å². The van der Waals surface area contributed by atoms with Crippen molar-refractivity contribution < 1.29 is 9.90 Å². The number of amides is 1. The minimum absolute atomic E-state index is 0.146. The fourth-order valence-electron chi connectivity index (χ4n) is 4.33. The van der Waals surface area contributed by atoms with Crippen molar-refractivity contribution in [2.45, 2.75) is 26.0 Å². The number of aliphatic hydroxyl groups is 1. The number of nitrogens with zero attached hydrogens (tertiary/aromatic N) is 4. The summed E-state index contributed by atoms with van der Waals surface area (Å²) in [6.07, 6.45) is 7.64. The largest absolute Gasteiger partial charge is 0.390 e. The highest BCUT2D eigenvalue weighted by atomic mass is 16.3. The molecule has 1 aliphatic rings. The van der Waals surface area contributed by atoms with Gasteiger partial charge in [-0.15, -0.1) is 0 Å². The molecule has 5 rings (SSSR count). The maximum absolute atomic E-state index is 13.2. The van der Waals surface area contributed by atoms with Crippen LogP contribution in [0.25, 0.3) is 17.0 Å². The third kappa shape index (κ3) is 4.94. The van der Waals surface area contributed by atoms with Crippen LogP contribution in [0, 0.1) is 0 Å². The van der Waals surface area contributed by atoms with E-state index in [1.807, 2.05) is 78.4 Å². The monoisotopic (exact) mass is 468 g/mol. The average Bonchev–Trinajstić information content (AvgIpc) is 3.58. The molecule has 0 aliphatic carbocycles. The summed E-state index contributed by atoms with van der Waals surface area (Å²) < 4.78 is 2.05. The van der Waals surface area contributed by atoms with Crippen LogP contribution < -0.4 is 10.3 Å². The number of H-pyrrole nitrogens is 1. The zero-order valence-corrected chi connectivity index (χ0v) is 19.6. The third-order valence-corrected chi connectivity index (χ3v) is 6.10. The third-order valence-electron chi connectivity index (χ3n) is 6.10. The topological polar surface area (TPSA) is 98.5 Å². The lowest BCUT2D eigenvalue weighted by Gasteiger charge is -2.13. The molecule has 178 valence electrons. The highest BCUT2D eigenvalue weighted by molar-refractivity contribution is 6.32. The van der Waals surface area contributed by atoms with Crippen LogP contribution in [0.2, 0.25) is 0 Å². The fraction of sp³-hybridized carbons (Fsp3) is 0.222. The number of aliphatic hydroxyl groups excluding tert-OH is 1. The first-order valence-corrected chi connectivity index (χ1v) is 11.7. The predicted octanol–water partition coefficient (Wildman–Crippen LogP) is 3.36. The summed E-state index contributed by atoms with van der Waals surface area (Å²) >= 11 is 0. The second kappa shape index (κ2) is 10.1. The van der Waals surface area contributed by atoms with E-state index in [9.17, 15) is 9.90 Å². The number of hydrazone groups is 1. The minimum atomic E-state index is -0.557. The van der Waals surface area contributed by atoms with Crippen molar-refractivity contribution in [3.63, 3.8) is 0 Å². The number of nitrogens with one attached hydrogen (secondary N) is 2. The van der Waals surface area contributed by atoms with Crippen LogP contribution in [-0.4, -0.2) is 50.5 Å². The van der Waals surface area contributed by atoms with Crippen LogP contribution in [0.15, 0.2) is 84.0 Å². The fourth-order valence-corrected chi connectivity index (χ4v) is 4.33. The van der Waals surface area contributed by atoms with E-state index in [2.05, 4.69) is 20.4 Å². The van der Waals surface area contributed by atoms with Gasteiger partial charge in [0.2, 0.25) is 0 Å². The van der Waals surface area contributed by atoms with Crippen molar-refractivity contribution in [2.24, 2.45) is 5.10 Å². The van der Waals surface area contributed by atoms with Crippen molar-refractivity contribution >= 4 is 34.3 Å². The first-order valence-electron chi connectivity index (χ1n) is 11.7. The number of rotatable bonds is 9. The first kappa shape index (κ1) is 22.8. The molecule has 2 aromatic heterocycles. The van der Waals surface area contributed by atoms with Gasteiger partial charge < -0.3 is 20.0 Å². The number of anilines is 1. The van der Waals surface area contributed by atoms with Gasteiger partial charge in [-0.2, -0.15) is 10.1 Å². The first-order chi connectivity index (χ1) is 17.1. The van der Waals surface area contributed by atoms with Gasteiger partial charge in [-0.25, -0.2) is 4.98 Å². The van der Waals surface area contributed by atoms with Crippen LogP contribution in [0.5, 0.6) is 0 Å². The summed E-state index contributed by atoms with van der Waals surface area (Å²) in [4.78, 5) is 20.2. The number of carbonyl (C=O) groups excluding carboxylic acids is 1. The van der Waals surface area contributed by atoms with Gasteiger partial charge in [-0.05, 0) is 31.2 Å². The Morgan fingerprint density at radius 1 is 1.14 bits per heavy atom. The van der Waals surface area contributed by atoms with Crippen molar-refractivity contribution in [3.05, 3.63) is 90.1 Å². The Bertz CT molecular complexity index is 1370. The van der Waals surface area contributed by atoms with Crippen molar-refractivity contribution in [2.75, 3.05) is 18.1 Å². The maximum atomic E-state index is 13.2. The molecule has 0 radical (unpaired) electrons. The Labute approximate surface area is 203 Å². The van der Waals surface area contributed by atoms with Gasteiger partial charge >= 0.3 is 0 Å². The molecule has 0 spiro atoms.